The molecule has 8 nitrogen and oxygen atoms in total. The number of anilines is 1. The highest BCUT2D eigenvalue weighted by atomic mass is 16.5. The van der Waals surface area contributed by atoms with Crippen LogP contribution in [0.2, 0.25) is 0 Å². The number of benzene rings is 2. The van der Waals surface area contributed by atoms with Crippen LogP contribution in [0, 0.1) is 0 Å². The monoisotopic (exact) mass is 398 g/mol. The first-order valence-corrected chi connectivity index (χ1v) is 9.23. The number of amides is 1. The van der Waals surface area contributed by atoms with Gasteiger partial charge in [-0.05, 0) is 30.5 Å². The van der Waals surface area contributed by atoms with Gasteiger partial charge in [0, 0.05) is 0 Å². The van der Waals surface area contributed by atoms with Gasteiger partial charge >= 0.3 is 11.9 Å². The molecule has 2 atom stereocenters. The number of carboxylic acid groups (broad SMARTS) is 2. The Balaban J connectivity index is 1.77. The van der Waals surface area contributed by atoms with Gasteiger partial charge in [-0.2, -0.15) is 0 Å². The number of hydrogen-bond donors (Lipinski definition) is 3. The van der Waals surface area contributed by atoms with Crippen molar-refractivity contribution in [2.24, 2.45) is 0 Å². The van der Waals surface area contributed by atoms with Crippen molar-refractivity contribution >= 4 is 23.5 Å². The number of carbonyl (C=O) groups is 3. The van der Waals surface area contributed by atoms with Crippen molar-refractivity contribution in [2.75, 3.05) is 18.1 Å². The molecular formula is C21H22N2O6. The number of nitrogens with one attached hydrogen (secondary N) is 1. The van der Waals surface area contributed by atoms with Crippen molar-refractivity contribution in [3.05, 3.63) is 60.2 Å². The van der Waals surface area contributed by atoms with E-state index in [4.69, 9.17) is 4.74 Å². The molecule has 0 aliphatic carbocycles. The summed E-state index contributed by atoms with van der Waals surface area (Å²) in [6.07, 6.45) is 0.792. The lowest BCUT2D eigenvalue weighted by Gasteiger charge is -2.25. The zero-order valence-corrected chi connectivity index (χ0v) is 15.7. The lowest BCUT2D eigenvalue weighted by atomic mass is 10.0. The standard InChI is InChI=1S/C21H22N2O6/c24-19(25)12-23-17-8-4-5-9-18(17)29-13-16(20(23)26)22-15(21(27)28)11-10-14-6-2-1-3-7-14/h1-9,15-16,22H,10-13H2,(H,24,25)(H,27,28)/t15-,16-/m0/s1. The van der Waals surface area contributed by atoms with E-state index in [1.54, 1.807) is 24.3 Å². The molecule has 2 aromatic rings. The zero-order chi connectivity index (χ0) is 20.8. The molecule has 1 aliphatic rings. The van der Waals surface area contributed by atoms with E-state index in [0.717, 1.165) is 10.5 Å². The summed E-state index contributed by atoms with van der Waals surface area (Å²) < 4.78 is 5.68. The molecule has 3 rings (SSSR count). The quantitative estimate of drug-likeness (QED) is 0.618. The Labute approximate surface area is 167 Å². The molecule has 0 spiro atoms. The smallest absolute Gasteiger partial charge is 0.323 e. The molecule has 0 saturated carbocycles. The van der Waals surface area contributed by atoms with Gasteiger partial charge in [-0.1, -0.05) is 42.5 Å². The van der Waals surface area contributed by atoms with Crippen LogP contribution >= 0.6 is 0 Å². The number of rotatable bonds is 8. The van der Waals surface area contributed by atoms with Crippen LogP contribution in [0.4, 0.5) is 5.69 Å². The lowest BCUT2D eigenvalue weighted by molar-refractivity contribution is -0.140. The fraction of sp³-hybridized carbons (Fsp3) is 0.286. The summed E-state index contributed by atoms with van der Waals surface area (Å²) in [5, 5.41) is 21.7. The third-order valence-corrected chi connectivity index (χ3v) is 4.68. The number of aliphatic carboxylic acids is 2. The highest BCUT2D eigenvalue weighted by Crippen LogP contribution is 2.31. The number of fused-ring (bicyclic) bond motifs is 1. The van der Waals surface area contributed by atoms with Crippen molar-refractivity contribution in [1.82, 2.24) is 5.32 Å². The molecule has 8 heteroatoms. The molecule has 1 heterocycles. The molecule has 3 N–H and O–H groups in total. The third-order valence-electron chi connectivity index (χ3n) is 4.68. The molecule has 29 heavy (non-hydrogen) atoms. The summed E-state index contributed by atoms with van der Waals surface area (Å²) in [7, 11) is 0. The average Bonchev–Trinajstić information content (AvgIpc) is 2.83. The highest BCUT2D eigenvalue weighted by Gasteiger charge is 2.35. The van der Waals surface area contributed by atoms with Gasteiger partial charge < -0.3 is 14.9 Å². The molecule has 0 saturated heterocycles. The molecule has 0 bridgehead atoms. The molecule has 0 fully saturated rings. The minimum absolute atomic E-state index is 0.0961. The van der Waals surface area contributed by atoms with Crippen molar-refractivity contribution in [1.29, 1.82) is 0 Å². The van der Waals surface area contributed by atoms with Gasteiger partial charge in [-0.15, -0.1) is 0 Å². The van der Waals surface area contributed by atoms with E-state index in [1.165, 1.54) is 0 Å². The Morgan fingerprint density at radius 3 is 2.48 bits per heavy atom. The molecule has 2 aromatic carbocycles. The molecule has 0 aromatic heterocycles. The van der Waals surface area contributed by atoms with Crippen LogP contribution in [0.5, 0.6) is 5.75 Å². The summed E-state index contributed by atoms with van der Waals surface area (Å²) in [6.45, 7) is -0.639. The van der Waals surface area contributed by atoms with Crippen LogP contribution in [-0.4, -0.2) is 53.3 Å². The number of carbonyl (C=O) groups excluding carboxylic acids is 1. The van der Waals surface area contributed by atoms with E-state index in [9.17, 15) is 24.6 Å². The number of nitrogens with zero attached hydrogens (tertiary/aromatic N) is 1. The van der Waals surface area contributed by atoms with E-state index in [2.05, 4.69) is 5.32 Å². The number of ether oxygens (including phenoxy) is 1. The van der Waals surface area contributed by atoms with Crippen molar-refractivity contribution < 1.29 is 29.3 Å². The van der Waals surface area contributed by atoms with Gasteiger partial charge in [0.2, 0.25) is 5.91 Å². The first kappa shape index (κ1) is 20.3. The predicted octanol–water partition coefficient (Wildman–Crippen LogP) is 1.54. The van der Waals surface area contributed by atoms with Gasteiger partial charge in [-0.25, -0.2) is 0 Å². The fourth-order valence-electron chi connectivity index (χ4n) is 3.25. The van der Waals surface area contributed by atoms with Crippen LogP contribution in [0.1, 0.15) is 12.0 Å². The second kappa shape index (κ2) is 9.20. The maximum absolute atomic E-state index is 13.0. The summed E-state index contributed by atoms with van der Waals surface area (Å²) in [4.78, 5) is 37.1. The predicted molar refractivity (Wildman–Crippen MR) is 105 cm³/mol. The first-order valence-electron chi connectivity index (χ1n) is 9.23. The van der Waals surface area contributed by atoms with Gasteiger partial charge in [0.05, 0.1) is 5.69 Å². The van der Waals surface area contributed by atoms with Crippen molar-refractivity contribution in [3.8, 4) is 5.75 Å². The third kappa shape index (κ3) is 5.11. The topological polar surface area (TPSA) is 116 Å². The second-order valence-electron chi connectivity index (χ2n) is 6.73. The fourth-order valence-corrected chi connectivity index (χ4v) is 3.25. The molecule has 1 amide bonds. The average molecular weight is 398 g/mol. The minimum Gasteiger partial charge on any atom is -0.489 e. The van der Waals surface area contributed by atoms with Gasteiger partial charge in [0.25, 0.3) is 0 Å². The Hall–Kier alpha value is -3.39. The SMILES string of the molecule is O=C(O)CN1C(=O)[C@@H](N[C@@H](CCc2ccccc2)C(=O)O)COc2ccccc21. The number of carboxylic acids is 2. The molecule has 1 aliphatic heterocycles. The van der Waals surface area contributed by atoms with Gasteiger partial charge in [0.1, 0.15) is 31.0 Å². The van der Waals surface area contributed by atoms with E-state index in [0.29, 0.717) is 17.9 Å². The van der Waals surface area contributed by atoms with E-state index in [-0.39, 0.29) is 13.0 Å². The maximum Gasteiger partial charge on any atom is 0.323 e. The Kier molecular flexibility index (Phi) is 6.46. The largest absolute Gasteiger partial charge is 0.489 e. The summed E-state index contributed by atoms with van der Waals surface area (Å²) in [5.41, 5.74) is 1.34. The van der Waals surface area contributed by atoms with Crippen molar-refractivity contribution in [2.45, 2.75) is 24.9 Å². The highest BCUT2D eigenvalue weighted by molar-refractivity contribution is 6.02. The van der Waals surface area contributed by atoms with Crippen LogP contribution in [0.15, 0.2) is 54.6 Å². The maximum atomic E-state index is 13.0. The number of hydrogen-bond acceptors (Lipinski definition) is 5. The van der Waals surface area contributed by atoms with Gasteiger partial charge in [0.15, 0.2) is 0 Å². The number of para-hydroxylation sites is 2. The Bertz CT molecular complexity index is 886. The normalized spacial score (nSPS) is 17.0. The summed E-state index contributed by atoms with van der Waals surface area (Å²) in [6, 6.07) is 14.1. The first-order chi connectivity index (χ1) is 14.0. The second-order valence-corrected chi connectivity index (χ2v) is 6.73. The summed E-state index contributed by atoms with van der Waals surface area (Å²) >= 11 is 0. The van der Waals surface area contributed by atoms with Crippen LogP contribution in [0.3, 0.4) is 0 Å². The Morgan fingerprint density at radius 2 is 1.79 bits per heavy atom. The lowest BCUT2D eigenvalue weighted by Crippen LogP contribution is -2.54. The molecule has 152 valence electrons. The van der Waals surface area contributed by atoms with Gasteiger partial charge in [-0.3, -0.25) is 24.6 Å². The number of aryl methyl sites for hydroxylation is 1. The minimum atomic E-state index is -1.17. The molecule has 0 unspecified atom stereocenters. The van der Waals surface area contributed by atoms with E-state index >= 15 is 0 Å². The molecular weight excluding hydrogens is 376 g/mol. The van der Waals surface area contributed by atoms with Crippen LogP contribution < -0.4 is 15.0 Å². The molecule has 0 radical (unpaired) electrons. The zero-order valence-electron chi connectivity index (χ0n) is 15.7. The summed E-state index contributed by atoms with van der Waals surface area (Å²) in [5.74, 6) is -2.42. The van der Waals surface area contributed by atoms with Crippen LogP contribution in [-0.2, 0) is 20.8 Å². The van der Waals surface area contributed by atoms with E-state index in [1.807, 2.05) is 30.3 Å². The van der Waals surface area contributed by atoms with Crippen molar-refractivity contribution in [3.63, 3.8) is 0 Å². The van der Waals surface area contributed by atoms with E-state index < -0.39 is 36.5 Å². The Morgan fingerprint density at radius 1 is 1.10 bits per heavy atom. The van der Waals surface area contributed by atoms with Crippen LogP contribution in [0.25, 0.3) is 0 Å².